The summed E-state index contributed by atoms with van der Waals surface area (Å²) in [6, 6.07) is 0. The van der Waals surface area contributed by atoms with Gasteiger partial charge in [-0.15, -0.1) is 0 Å². The van der Waals surface area contributed by atoms with Crippen molar-refractivity contribution < 1.29 is 19.8 Å². The number of alkyl halides is 2. The molecule has 0 bridgehead atoms. The molecular weight excluding hydrogens is 205 g/mol. The van der Waals surface area contributed by atoms with Crippen molar-refractivity contribution in [1.29, 1.82) is 0 Å². The first-order valence-electron chi connectivity index (χ1n) is 5.28. The molecule has 4 nitrogen and oxygen atoms in total. The number of primary amides is 1. The Kier molecular flexibility index (Phi) is 2.88. The molecule has 0 aliphatic heterocycles. The van der Waals surface area contributed by atoms with Gasteiger partial charge in [-0.3, -0.25) is 9.59 Å². The fraction of sp³-hybridized carbons (Fsp3) is 0.750. The van der Waals surface area contributed by atoms with Crippen molar-refractivity contribution in [2.24, 2.45) is 17.6 Å². The molecule has 0 aromatic rings. The minimum Gasteiger partial charge on any atom is -0.403 e. The molecule has 1 fully saturated rings. The molecule has 2 amide bonds. The van der Waals surface area contributed by atoms with Gasteiger partial charge in [0.1, 0.15) is 0 Å². The molecule has 84 valence electrons. The van der Waals surface area contributed by atoms with Crippen LogP contribution in [0.4, 0.5) is 8.78 Å². The van der Waals surface area contributed by atoms with Gasteiger partial charge in [0.15, 0.2) is 1.41 Å². The van der Waals surface area contributed by atoms with Crippen molar-refractivity contribution in [1.82, 2.24) is 5.23 Å². The quantitative estimate of drug-likeness (QED) is 0.636. The number of amides is 2. The average Bonchev–Trinajstić information content (AvgIpc) is 2.54. The fourth-order valence-electron chi connectivity index (χ4n) is 1.87. The normalized spacial score (nSPS) is 29.1. The Labute approximate surface area is 88.3 Å². The molecule has 0 unspecified atom stereocenters. The summed E-state index contributed by atoms with van der Waals surface area (Å²) in [5, 5.41) is 2.42. The van der Waals surface area contributed by atoms with Gasteiger partial charge in [-0.05, 0) is 0 Å². The van der Waals surface area contributed by atoms with E-state index in [4.69, 9.17) is 1.41 Å². The molecule has 2 atom stereocenters. The second kappa shape index (κ2) is 4.16. The summed E-state index contributed by atoms with van der Waals surface area (Å²) in [4.78, 5) is 22.7. The molecule has 0 aromatic heterocycles. The van der Waals surface area contributed by atoms with Crippen LogP contribution in [0, 0.1) is 11.8 Å². The van der Waals surface area contributed by atoms with Gasteiger partial charge in [-0.25, -0.2) is 8.78 Å². The third-order valence-electron chi connectivity index (χ3n) is 2.55. The largest absolute Gasteiger partial charge is 0.403 e. The highest BCUT2D eigenvalue weighted by atomic mass is 19.3. The van der Waals surface area contributed by atoms with Gasteiger partial charge < -0.3 is 11.0 Å². The minimum atomic E-state index is -3.01. The van der Waals surface area contributed by atoms with Gasteiger partial charge in [0.2, 0.25) is 25.2 Å². The van der Waals surface area contributed by atoms with Crippen molar-refractivity contribution in [2.45, 2.75) is 25.6 Å². The Bertz CT molecular complexity index is 304. The third-order valence-corrected chi connectivity index (χ3v) is 2.55. The first kappa shape index (κ1) is 10.4. The van der Waals surface area contributed by atoms with Crippen LogP contribution in [0.5, 0.6) is 0 Å². The number of carbonyl (C=O) groups is 2. The molecule has 0 radical (unpaired) electrons. The average molecular weight is 219 g/mol. The van der Waals surface area contributed by atoms with Gasteiger partial charge in [-0.1, -0.05) is 6.82 Å². The lowest BCUT2D eigenvalue weighted by Gasteiger charge is -2.14. The van der Waals surface area contributed by atoms with E-state index in [2.05, 4.69) is 5.23 Å². The van der Waals surface area contributed by atoms with E-state index in [1.807, 2.05) is 0 Å². The lowest BCUT2D eigenvalue weighted by molar-refractivity contribution is -0.131. The highest BCUT2D eigenvalue weighted by molar-refractivity contribution is 6.35. The van der Waals surface area contributed by atoms with E-state index in [0.29, 0.717) is 7.41 Å². The first-order valence-corrected chi connectivity index (χ1v) is 4.78. The Morgan fingerprint density at radius 2 is 2.13 bits per heavy atom. The second-order valence-corrected chi connectivity index (χ2v) is 3.74. The molecule has 1 saturated carbocycles. The van der Waals surface area contributed by atoms with Crippen molar-refractivity contribution in [3.8, 4) is 0 Å². The van der Waals surface area contributed by atoms with Crippen LogP contribution in [0.3, 0.4) is 0 Å². The Hall–Kier alpha value is -1.14. The number of hydrogen-bond acceptors (Lipinski definition) is 2. The van der Waals surface area contributed by atoms with E-state index in [0.717, 1.165) is 0 Å². The van der Waals surface area contributed by atoms with Crippen LogP contribution in [-0.4, -0.2) is 25.2 Å². The summed E-state index contributed by atoms with van der Waals surface area (Å²) in [5.74, 6) is -6.53. The Balaban J connectivity index is 2.80. The number of hydrogen-bond donors (Lipinski definition) is 2. The molecule has 7 heteroatoms. The van der Waals surface area contributed by atoms with Gasteiger partial charge in [-0.2, -0.15) is 0 Å². The Morgan fingerprint density at radius 3 is 2.67 bits per heavy atom. The number of rotatable bonds is 3. The smallest absolute Gasteiger partial charge is 0.249 e. The maximum absolute atomic E-state index is 13.1. The molecule has 1 rings (SSSR count). The zero-order chi connectivity index (χ0) is 12.3. The second-order valence-electron chi connectivity index (χ2n) is 3.74. The first-order chi connectivity index (χ1) is 7.41. The third kappa shape index (κ3) is 2.67. The van der Waals surface area contributed by atoms with Crippen LogP contribution in [0.25, 0.3) is 0 Å². The molecule has 0 aromatic carbocycles. The van der Waals surface area contributed by atoms with E-state index in [9.17, 15) is 18.4 Å². The summed E-state index contributed by atoms with van der Waals surface area (Å²) >= 11 is 0. The van der Waals surface area contributed by atoms with Crippen molar-refractivity contribution in [3.63, 3.8) is 0 Å². The van der Waals surface area contributed by atoms with Gasteiger partial charge >= 0.3 is 0 Å². The summed E-state index contributed by atoms with van der Waals surface area (Å²) < 4.78 is 32.9. The number of halogens is 2. The van der Waals surface area contributed by atoms with Gasteiger partial charge in [0.05, 0.1) is 11.8 Å². The number of nitrogens with two attached hydrogens (primary N) is 1. The topological polar surface area (TPSA) is 72.2 Å². The minimum absolute atomic E-state index is 0.329. The standard InChI is InChI=1S/C8H13BF2N2O2/c1-9-13-7(15)5-3-8(10,11)2-4(5)6(12)14/h4-5,9H,2-3H2,1H3,(H2,12,14)(H,13,15)/t4-,5-/m0/s1/i/hD. The SMILES string of the molecule is [2H]NC(=O)[C@H]1CC(F)(F)C[C@@H]1C(=O)NBC. The van der Waals surface area contributed by atoms with E-state index in [-0.39, 0.29) is 0 Å². The summed E-state index contributed by atoms with van der Waals surface area (Å²) in [6.45, 7) is 1.67. The van der Waals surface area contributed by atoms with E-state index in [1.165, 1.54) is 0 Å². The Morgan fingerprint density at radius 1 is 1.53 bits per heavy atom. The van der Waals surface area contributed by atoms with Crippen molar-refractivity contribution in [3.05, 3.63) is 0 Å². The van der Waals surface area contributed by atoms with Crippen LogP contribution in [0.1, 0.15) is 12.8 Å². The van der Waals surface area contributed by atoms with Gasteiger partial charge in [0.25, 0.3) is 0 Å². The lowest BCUT2D eigenvalue weighted by atomic mass is 9.91. The number of nitrogens with one attached hydrogen (secondary N) is 1. The van der Waals surface area contributed by atoms with Crippen LogP contribution >= 0.6 is 0 Å². The molecule has 0 spiro atoms. The lowest BCUT2D eigenvalue weighted by Crippen LogP contribution is -2.38. The van der Waals surface area contributed by atoms with Crippen LogP contribution in [0.15, 0.2) is 0 Å². The zero-order valence-electron chi connectivity index (χ0n) is 9.35. The fourth-order valence-corrected chi connectivity index (χ4v) is 1.87. The van der Waals surface area contributed by atoms with Gasteiger partial charge in [0, 0.05) is 12.8 Å². The highest BCUT2D eigenvalue weighted by Crippen LogP contribution is 2.43. The molecule has 3 N–H and O–H groups in total. The zero-order valence-corrected chi connectivity index (χ0v) is 8.35. The molecule has 1 aliphatic carbocycles. The summed E-state index contributed by atoms with van der Waals surface area (Å²) in [5.41, 5.74) is 1.57. The predicted octanol–water partition coefficient (Wildman–Crippen LogP) is -0.351. The molecule has 15 heavy (non-hydrogen) atoms. The molecule has 0 saturated heterocycles. The summed E-state index contributed by atoms with van der Waals surface area (Å²) in [7, 11) is 0.329. The van der Waals surface area contributed by atoms with Crippen LogP contribution in [0.2, 0.25) is 8.23 Å². The monoisotopic (exact) mass is 219 g/mol. The predicted molar refractivity (Wildman–Crippen MR) is 51.5 cm³/mol. The maximum Gasteiger partial charge on any atom is 0.249 e. The van der Waals surface area contributed by atoms with E-state index < -0.39 is 42.4 Å². The van der Waals surface area contributed by atoms with Crippen molar-refractivity contribution >= 4 is 19.2 Å². The van der Waals surface area contributed by atoms with E-state index in [1.54, 1.807) is 12.5 Å². The molecular formula is C8H13BF2N2O2. The summed E-state index contributed by atoms with van der Waals surface area (Å²) in [6.07, 6.45) is -1.30. The van der Waals surface area contributed by atoms with Crippen LogP contribution < -0.4 is 11.0 Å². The maximum atomic E-state index is 13.1. The van der Waals surface area contributed by atoms with Crippen molar-refractivity contribution in [2.75, 3.05) is 0 Å². The van der Waals surface area contributed by atoms with E-state index >= 15 is 0 Å². The van der Waals surface area contributed by atoms with Crippen LogP contribution in [-0.2, 0) is 9.59 Å². The molecule has 1 aliphatic rings. The number of carbonyl (C=O) groups excluding carboxylic acids is 2. The highest BCUT2D eigenvalue weighted by Gasteiger charge is 2.51. The molecule has 0 heterocycles.